The third-order valence-electron chi connectivity index (χ3n) is 0.924. The molecule has 0 aromatic rings. The second-order valence-corrected chi connectivity index (χ2v) is 2.26. The highest BCUT2D eigenvalue weighted by atomic mass is 19.3. The van der Waals surface area contributed by atoms with Gasteiger partial charge in [0.2, 0.25) is 0 Å². The summed E-state index contributed by atoms with van der Waals surface area (Å²) in [5, 5.41) is 10.1. The molecule has 0 atom stereocenters. The Bertz CT molecular complexity index is 138. The Hall–Kier alpha value is -0.740. The maximum Gasteiger partial charge on any atom is 0.283 e. The highest BCUT2D eigenvalue weighted by Crippen LogP contribution is 2.16. The van der Waals surface area contributed by atoms with E-state index < -0.39 is 17.8 Å². The quantitative estimate of drug-likeness (QED) is 0.368. The fourth-order valence-electron chi connectivity index (χ4n) is 0.422. The second kappa shape index (κ2) is 2.90. The Kier molecular flexibility index (Phi) is 2.68. The van der Waals surface area contributed by atoms with Gasteiger partial charge in [0.1, 0.15) is 0 Å². The normalized spacial score (nSPS) is 14.4. The lowest BCUT2D eigenvalue weighted by atomic mass is 10.1. The molecule has 0 aliphatic heterocycles. The molecule has 1 N–H and O–H groups in total. The highest BCUT2D eigenvalue weighted by Gasteiger charge is 2.32. The summed E-state index contributed by atoms with van der Waals surface area (Å²) >= 11 is 0. The predicted molar refractivity (Wildman–Crippen MR) is 30.4 cm³/mol. The minimum atomic E-state index is -3.05. The van der Waals surface area contributed by atoms with Crippen LogP contribution < -0.4 is 0 Å². The van der Waals surface area contributed by atoms with E-state index in [0.717, 1.165) is 13.8 Å². The van der Waals surface area contributed by atoms with Gasteiger partial charge in [0.05, 0.1) is 0 Å². The van der Waals surface area contributed by atoms with E-state index >= 15 is 0 Å². The number of hydrogen-bond acceptors (Lipinski definition) is 2. The first-order valence-corrected chi connectivity index (χ1v) is 2.59. The van der Waals surface area contributed by atoms with Crippen LogP contribution in [0.4, 0.5) is 13.2 Å². The summed E-state index contributed by atoms with van der Waals surface area (Å²) in [5.41, 5.74) is -3.41. The van der Waals surface area contributed by atoms with Gasteiger partial charge in [0.15, 0.2) is 11.4 Å². The van der Waals surface area contributed by atoms with E-state index in [4.69, 9.17) is 5.21 Å². The maximum atomic E-state index is 12.5. The van der Waals surface area contributed by atoms with Crippen molar-refractivity contribution in [1.82, 2.24) is 0 Å². The van der Waals surface area contributed by atoms with E-state index in [9.17, 15) is 13.2 Å². The number of alkyl halides is 3. The van der Waals surface area contributed by atoms with Crippen molar-refractivity contribution in [2.45, 2.75) is 25.9 Å². The van der Waals surface area contributed by atoms with E-state index in [0.29, 0.717) is 0 Å². The zero-order chi connectivity index (χ0) is 8.36. The smallest absolute Gasteiger partial charge is 0.283 e. The molecule has 0 fully saturated rings. The van der Waals surface area contributed by atoms with Crippen LogP contribution in [0.15, 0.2) is 5.16 Å². The van der Waals surface area contributed by atoms with Gasteiger partial charge in [-0.25, -0.2) is 13.2 Å². The van der Waals surface area contributed by atoms with Crippen molar-refractivity contribution in [3.63, 3.8) is 0 Å². The lowest BCUT2D eigenvalue weighted by molar-refractivity contribution is 0.180. The molecule has 0 unspecified atom stereocenters. The van der Waals surface area contributed by atoms with E-state index in [2.05, 4.69) is 5.16 Å². The van der Waals surface area contributed by atoms with Gasteiger partial charge in [-0.15, -0.1) is 0 Å². The van der Waals surface area contributed by atoms with E-state index in [1.807, 2.05) is 0 Å². The molecular formula is C5H8F3NO. The number of halogens is 3. The minimum absolute atomic E-state index is 0.897. The second-order valence-electron chi connectivity index (χ2n) is 2.26. The third kappa shape index (κ3) is 2.24. The molecule has 0 heterocycles. The monoisotopic (exact) mass is 155 g/mol. The van der Waals surface area contributed by atoms with Gasteiger partial charge in [0, 0.05) is 0 Å². The van der Waals surface area contributed by atoms with Crippen LogP contribution in [-0.4, -0.2) is 23.0 Å². The molecule has 60 valence electrons. The maximum absolute atomic E-state index is 12.5. The topological polar surface area (TPSA) is 32.6 Å². The van der Waals surface area contributed by atoms with Crippen LogP contribution in [0.5, 0.6) is 0 Å². The van der Waals surface area contributed by atoms with Gasteiger partial charge in [-0.3, -0.25) is 0 Å². The SMILES string of the molecule is CC(C)(F)C(=NO)C(F)F. The predicted octanol–water partition coefficient (Wildman–Crippen LogP) is 1.83. The Labute approximate surface area is 56.3 Å². The van der Waals surface area contributed by atoms with Crippen molar-refractivity contribution in [3.05, 3.63) is 0 Å². The molecule has 0 rings (SSSR count). The molecule has 0 aliphatic carbocycles. The zero-order valence-electron chi connectivity index (χ0n) is 5.61. The Morgan fingerprint density at radius 3 is 1.90 bits per heavy atom. The van der Waals surface area contributed by atoms with Crippen LogP contribution in [0.2, 0.25) is 0 Å². The van der Waals surface area contributed by atoms with Gasteiger partial charge in [0.25, 0.3) is 6.43 Å². The number of oxime groups is 1. The van der Waals surface area contributed by atoms with Crippen LogP contribution in [0.25, 0.3) is 0 Å². The molecule has 0 bridgehead atoms. The van der Waals surface area contributed by atoms with Crippen molar-refractivity contribution >= 4 is 5.71 Å². The third-order valence-corrected chi connectivity index (χ3v) is 0.924. The summed E-state index contributed by atoms with van der Waals surface area (Å²) in [7, 11) is 0. The lowest BCUT2D eigenvalue weighted by Crippen LogP contribution is -2.32. The molecule has 0 saturated carbocycles. The van der Waals surface area contributed by atoms with E-state index in [1.165, 1.54) is 0 Å². The van der Waals surface area contributed by atoms with Gasteiger partial charge in [-0.2, -0.15) is 0 Å². The van der Waals surface area contributed by atoms with Crippen molar-refractivity contribution in [3.8, 4) is 0 Å². The first-order valence-electron chi connectivity index (χ1n) is 2.59. The van der Waals surface area contributed by atoms with Crippen LogP contribution in [0.1, 0.15) is 13.8 Å². The van der Waals surface area contributed by atoms with E-state index in [-0.39, 0.29) is 0 Å². The Morgan fingerprint density at radius 2 is 1.90 bits per heavy atom. The van der Waals surface area contributed by atoms with Crippen LogP contribution >= 0.6 is 0 Å². The lowest BCUT2D eigenvalue weighted by Gasteiger charge is -2.13. The average Bonchev–Trinajstić information content (AvgIpc) is 1.60. The number of hydrogen-bond donors (Lipinski definition) is 1. The van der Waals surface area contributed by atoms with E-state index in [1.54, 1.807) is 0 Å². The van der Waals surface area contributed by atoms with Crippen LogP contribution in [0.3, 0.4) is 0 Å². The molecule has 2 nitrogen and oxygen atoms in total. The van der Waals surface area contributed by atoms with Gasteiger partial charge in [-0.1, -0.05) is 5.16 Å². The standard InChI is InChI=1S/C5H8F3NO/c1-5(2,8)3(9-10)4(6)7/h4,10H,1-2H3. The Morgan fingerprint density at radius 1 is 1.50 bits per heavy atom. The molecule has 0 aromatic heterocycles. The molecule has 10 heavy (non-hydrogen) atoms. The molecule has 0 amide bonds. The fraction of sp³-hybridized carbons (Fsp3) is 0.800. The molecular weight excluding hydrogens is 147 g/mol. The minimum Gasteiger partial charge on any atom is -0.411 e. The summed E-state index contributed by atoms with van der Waals surface area (Å²) in [6, 6.07) is 0. The molecule has 0 aliphatic rings. The summed E-state index contributed by atoms with van der Waals surface area (Å²) in [6.45, 7) is 1.79. The van der Waals surface area contributed by atoms with Crippen molar-refractivity contribution in [2.75, 3.05) is 0 Å². The van der Waals surface area contributed by atoms with Crippen LogP contribution in [0, 0.1) is 0 Å². The van der Waals surface area contributed by atoms with Crippen molar-refractivity contribution < 1.29 is 18.4 Å². The summed E-state index contributed by atoms with van der Waals surface area (Å²) < 4.78 is 35.9. The first kappa shape index (κ1) is 9.26. The first-order chi connectivity index (χ1) is 4.39. The number of nitrogens with zero attached hydrogens (tertiary/aromatic N) is 1. The summed E-state index contributed by atoms with van der Waals surface area (Å²) in [5.74, 6) is 0. The van der Waals surface area contributed by atoms with Gasteiger partial charge < -0.3 is 5.21 Å². The number of rotatable bonds is 2. The molecule has 5 heteroatoms. The molecule has 0 radical (unpaired) electrons. The van der Waals surface area contributed by atoms with Crippen molar-refractivity contribution in [1.29, 1.82) is 0 Å². The average molecular weight is 155 g/mol. The largest absolute Gasteiger partial charge is 0.411 e. The summed E-state index contributed by atoms with van der Waals surface area (Å²) in [4.78, 5) is 0. The van der Waals surface area contributed by atoms with Crippen molar-refractivity contribution in [2.24, 2.45) is 5.16 Å². The molecule has 0 spiro atoms. The highest BCUT2D eigenvalue weighted by molar-refractivity contribution is 5.93. The Balaban J connectivity index is 4.40. The van der Waals surface area contributed by atoms with Crippen LogP contribution in [-0.2, 0) is 0 Å². The van der Waals surface area contributed by atoms with Gasteiger partial charge in [-0.05, 0) is 13.8 Å². The molecule has 0 saturated heterocycles. The van der Waals surface area contributed by atoms with Gasteiger partial charge >= 0.3 is 0 Å². The zero-order valence-corrected chi connectivity index (χ0v) is 5.61. The fourth-order valence-corrected chi connectivity index (χ4v) is 0.422. The molecule has 0 aromatic carbocycles. The summed E-state index contributed by atoms with van der Waals surface area (Å²) in [6.07, 6.45) is -3.05.